The second-order valence-corrected chi connectivity index (χ2v) is 12.8. The summed E-state index contributed by atoms with van der Waals surface area (Å²) in [5.74, 6) is 4.50. The third kappa shape index (κ3) is 2.93. The third-order valence-electron chi connectivity index (χ3n) is 11.2. The molecule has 5 rings (SSSR count). The monoisotopic (exact) mass is 420 g/mol. The molecule has 172 valence electrons. The van der Waals surface area contributed by atoms with Crippen molar-refractivity contribution in [3.63, 3.8) is 0 Å². The lowest BCUT2D eigenvalue weighted by atomic mass is 9.44. The fourth-order valence-electron chi connectivity index (χ4n) is 9.74. The van der Waals surface area contributed by atoms with Crippen molar-refractivity contribution in [2.75, 3.05) is 6.61 Å². The lowest BCUT2D eigenvalue weighted by molar-refractivity contribution is -0.138. The second kappa shape index (κ2) is 7.44. The molecule has 1 heterocycles. The first-order chi connectivity index (χ1) is 14.3. The summed E-state index contributed by atoms with van der Waals surface area (Å²) < 4.78 is 20.7. The standard InChI is InChI=1S/C27H45FO2/c1-17(2)6-5-7-18(3)21-8-9-22-20-14-24-27(30-24)15-19(28)10-13-26(27,16-29)23(20)11-12-25(21,22)4/h17-24,29H,5-16H2,1-4H3/t18-,19+,20+,21-,22+,23+,24+,25-,26+,27+/m1/s1. The number of ether oxygens (including phenoxy) is 1. The second-order valence-electron chi connectivity index (χ2n) is 12.8. The zero-order valence-electron chi connectivity index (χ0n) is 19.8. The molecule has 0 radical (unpaired) electrons. The minimum atomic E-state index is -0.734. The van der Waals surface area contributed by atoms with E-state index in [1.54, 1.807) is 0 Å². The molecule has 0 bridgehead atoms. The molecule has 10 atom stereocenters. The molecular weight excluding hydrogens is 375 g/mol. The van der Waals surface area contributed by atoms with Crippen LogP contribution in [-0.2, 0) is 4.74 Å². The molecule has 1 saturated heterocycles. The predicted molar refractivity (Wildman–Crippen MR) is 119 cm³/mol. The smallest absolute Gasteiger partial charge is 0.106 e. The summed E-state index contributed by atoms with van der Waals surface area (Å²) in [6.07, 6.45) is 12.0. The lowest BCUT2D eigenvalue weighted by Crippen LogP contribution is -2.61. The molecule has 2 nitrogen and oxygen atoms in total. The Kier molecular flexibility index (Phi) is 5.38. The molecule has 0 amide bonds. The maximum absolute atomic E-state index is 14.4. The minimum absolute atomic E-state index is 0.161. The van der Waals surface area contributed by atoms with Crippen molar-refractivity contribution in [2.24, 2.45) is 46.3 Å². The number of fused-ring (bicyclic) bond motifs is 4. The Labute approximate surface area is 183 Å². The van der Waals surface area contributed by atoms with E-state index in [9.17, 15) is 9.50 Å². The van der Waals surface area contributed by atoms with Crippen LogP contribution in [0, 0.1) is 46.3 Å². The van der Waals surface area contributed by atoms with Gasteiger partial charge in [0.2, 0.25) is 0 Å². The van der Waals surface area contributed by atoms with Crippen LogP contribution in [0.1, 0.15) is 98.3 Å². The summed E-state index contributed by atoms with van der Waals surface area (Å²) in [5, 5.41) is 10.7. The molecule has 5 aliphatic rings. The number of aliphatic hydroxyl groups excluding tert-OH is 1. The number of aliphatic hydroxyl groups is 1. The van der Waals surface area contributed by atoms with Gasteiger partial charge in [-0.05, 0) is 85.9 Å². The van der Waals surface area contributed by atoms with E-state index < -0.39 is 6.17 Å². The van der Waals surface area contributed by atoms with Crippen LogP contribution in [0.3, 0.4) is 0 Å². The molecule has 0 aromatic carbocycles. The SMILES string of the molecule is CC(C)CCC[C@@H](C)[C@H]1CC[C@H]2[C@@H]3C[C@@H]4O[C@@]45C[C@@H](F)CC[C@]5(CO)[C@H]3CC[C@]12C. The molecule has 0 aromatic heterocycles. The van der Waals surface area contributed by atoms with Gasteiger partial charge in [0.25, 0.3) is 0 Å². The highest BCUT2D eigenvalue weighted by Crippen LogP contribution is 2.74. The molecule has 30 heavy (non-hydrogen) atoms. The average Bonchev–Trinajstić information content (AvgIpc) is 3.26. The zero-order chi connectivity index (χ0) is 21.3. The molecule has 0 aromatic rings. The summed E-state index contributed by atoms with van der Waals surface area (Å²) in [6, 6.07) is 0. The predicted octanol–water partition coefficient (Wildman–Crippen LogP) is 6.55. The van der Waals surface area contributed by atoms with Crippen LogP contribution < -0.4 is 0 Å². The van der Waals surface area contributed by atoms with E-state index in [0.717, 1.165) is 36.5 Å². The van der Waals surface area contributed by atoms with Gasteiger partial charge in [-0.1, -0.05) is 47.0 Å². The molecule has 1 aliphatic heterocycles. The highest BCUT2D eigenvalue weighted by Gasteiger charge is 2.77. The summed E-state index contributed by atoms with van der Waals surface area (Å²) >= 11 is 0. The summed E-state index contributed by atoms with van der Waals surface area (Å²) in [7, 11) is 0. The van der Waals surface area contributed by atoms with Gasteiger partial charge in [-0.15, -0.1) is 0 Å². The largest absolute Gasteiger partial charge is 0.396 e. The van der Waals surface area contributed by atoms with E-state index in [-0.39, 0.29) is 23.7 Å². The molecule has 1 N–H and O–H groups in total. The topological polar surface area (TPSA) is 32.8 Å². The van der Waals surface area contributed by atoms with Crippen molar-refractivity contribution in [3.05, 3.63) is 0 Å². The Hall–Kier alpha value is -0.150. The lowest BCUT2D eigenvalue weighted by Gasteiger charge is -2.60. The summed E-state index contributed by atoms with van der Waals surface area (Å²) in [6.45, 7) is 10.0. The number of epoxide rings is 1. The van der Waals surface area contributed by atoms with Crippen LogP contribution in [0.5, 0.6) is 0 Å². The molecule has 3 heteroatoms. The normalized spacial score (nSPS) is 52.9. The van der Waals surface area contributed by atoms with Gasteiger partial charge in [-0.3, -0.25) is 0 Å². The van der Waals surface area contributed by atoms with Crippen LogP contribution in [0.4, 0.5) is 4.39 Å². The zero-order valence-corrected chi connectivity index (χ0v) is 19.8. The van der Waals surface area contributed by atoms with Crippen LogP contribution in [0.15, 0.2) is 0 Å². The van der Waals surface area contributed by atoms with Crippen LogP contribution in [0.25, 0.3) is 0 Å². The van der Waals surface area contributed by atoms with Gasteiger partial charge in [-0.25, -0.2) is 4.39 Å². The van der Waals surface area contributed by atoms with E-state index in [4.69, 9.17) is 4.74 Å². The first-order valence-electron chi connectivity index (χ1n) is 13.2. The number of alkyl halides is 1. The Morgan fingerprint density at radius 1 is 1.03 bits per heavy atom. The molecule has 5 fully saturated rings. The number of halogens is 1. The summed E-state index contributed by atoms with van der Waals surface area (Å²) in [4.78, 5) is 0. The van der Waals surface area contributed by atoms with E-state index >= 15 is 0 Å². The van der Waals surface area contributed by atoms with Gasteiger partial charge in [0.05, 0.1) is 12.7 Å². The van der Waals surface area contributed by atoms with E-state index in [2.05, 4.69) is 27.7 Å². The minimum Gasteiger partial charge on any atom is -0.396 e. The van der Waals surface area contributed by atoms with Gasteiger partial charge in [-0.2, -0.15) is 0 Å². The fourth-order valence-corrected chi connectivity index (χ4v) is 9.74. The molecule has 4 aliphatic carbocycles. The van der Waals surface area contributed by atoms with Crippen molar-refractivity contribution >= 4 is 0 Å². The number of rotatable bonds is 6. The maximum atomic E-state index is 14.4. The molecular formula is C27H45FO2. The van der Waals surface area contributed by atoms with Crippen LogP contribution in [0.2, 0.25) is 0 Å². The van der Waals surface area contributed by atoms with Gasteiger partial charge >= 0.3 is 0 Å². The quantitative estimate of drug-likeness (QED) is 0.494. The number of hydrogen-bond donors (Lipinski definition) is 1. The molecule has 4 saturated carbocycles. The van der Waals surface area contributed by atoms with Crippen molar-refractivity contribution in [1.82, 2.24) is 0 Å². The fraction of sp³-hybridized carbons (Fsp3) is 1.00. The van der Waals surface area contributed by atoms with E-state index in [1.807, 2.05) is 0 Å². The Morgan fingerprint density at radius 3 is 2.57 bits per heavy atom. The summed E-state index contributed by atoms with van der Waals surface area (Å²) in [5.41, 5.74) is -0.0246. The molecule has 1 spiro atoms. The highest BCUT2D eigenvalue weighted by atomic mass is 19.1. The third-order valence-corrected chi connectivity index (χ3v) is 11.2. The van der Waals surface area contributed by atoms with Crippen molar-refractivity contribution in [3.8, 4) is 0 Å². The maximum Gasteiger partial charge on any atom is 0.106 e. The van der Waals surface area contributed by atoms with Crippen LogP contribution in [-0.4, -0.2) is 29.6 Å². The van der Waals surface area contributed by atoms with E-state index in [0.29, 0.717) is 30.1 Å². The van der Waals surface area contributed by atoms with Gasteiger partial charge in [0.1, 0.15) is 11.8 Å². The molecule has 0 unspecified atom stereocenters. The number of hydrogen-bond acceptors (Lipinski definition) is 2. The Balaban J connectivity index is 1.35. The average molecular weight is 421 g/mol. The van der Waals surface area contributed by atoms with Crippen LogP contribution >= 0.6 is 0 Å². The first kappa shape index (κ1) is 21.7. The van der Waals surface area contributed by atoms with Crippen molar-refractivity contribution in [1.29, 1.82) is 0 Å². The van der Waals surface area contributed by atoms with Crippen molar-refractivity contribution in [2.45, 2.75) is 116 Å². The van der Waals surface area contributed by atoms with E-state index in [1.165, 1.54) is 44.9 Å². The van der Waals surface area contributed by atoms with Gasteiger partial charge < -0.3 is 9.84 Å². The first-order valence-corrected chi connectivity index (χ1v) is 13.2. The highest BCUT2D eigenvalue weighted by molar-refractivity contribution is 5.25. The Morgan fingerprint density at radius 2 is 1.83 bits per heavy atom. The Bertz CT molecular complexity index is 651. The van der Waals surface area contributed by atoms with Gasteiger partial charge in [0, 0.05) is 11.8 Å². The van der Waals surface area contributed by atoms with Crippen molar-refractivity contribution < 1.29 is 14.2 Å². The van der Waals surface area contributed by atoms with Gasteiger partial charge in [0.15, 0.2) is 0 Å².